The molecule has 1 aliphatic carbocycles. The largest absolute Gasteiger partial charge is 0.356 e. The second kappa shape index (κ2) is 9.06. The minimum atomic E-state index is -0.351. The van der Waals surface area contributed by atoms with Crippen molar-refractivity contribution in [1.29, 1.82) is 0 Å². The zero-order chi connectivity index (χ0) is 22.8. The topological polar surface area (TPSA) is 114 Å². The van der Waals surface area contributed by atoms with Gasteiger partial charge in [-0.05, 0) is 71.4 Å². The monoisotopic (exact) mass is 435 g/mol. The van der Waals surface area contributed by atoms with E-state index in [1.165, 1.54) is 0 Å². The van der Waals surface area contributed by atoms with Crippen molar-refractivity contribution in [2.24, 2.45) is 5.92 Å². The Labute approximate surface area is 186 Å². The molecule has 3 aromatic heterocycles. The number of H-pyrrole nitrogens is 1. The number of nitrogens with one attached hydrogen (secondary N) is 2. The SMILES string of the molecule is Cc1ncc(-c2onc(C)c2C)c(C2CCC(CNC(=O)c3ccc(C)[nH]c3=O)CC2)n1. The summed E-state index contributed by atoms with van der Waals surface area (Å²) in [5.41, 5.74) is 4.37. The van der Waals surface area contributed by atoms with Crippen LogP contribution < -0.4 is 10.9 Å². The summed E-state index contributed by atoms with van der Waals surface area (Å²) in [5.74, 6) is 1.85. The third-order valence-electron chi connectivity index (χ3n) is 6.43. The van der Waals surface area contributed by atoms with Crippen LogP contribution in [-0.2, 0) is 0 Å². The van der Waals surface area contributed by atoms with Crippen LogP contribution in [0.2, 0.25) is 0 Å². The summed E-state index contributed by atoms with van der Waals surface area (Å²) in [6.07, 6.45) is 5.75. The maximum Gasteiger partial charge on any atom is 0.260 e. The third-order valence-corrected chi connectivity index (χ3v) is 6.43. The van der Waals surface area contributed by atoms with Crippen LogP contribution in [-0.4, -0.2) is 32.6 Å². The average molecular weight is 436 g/mol. The number of carbonyl (C=O) groups is 1. The standard InChI is InChI=1S/C24H29N5O3/c1-13-5-10-19(24(31)27-13)23(30)26-11-17-6-8-18(9-7-17)21-20(12-25-16(4)28-21)22-14(2)15(3)29-32-22/h5,10,12,17-18H,6-9,11H2,1-4H3,(H,26,30)(H,27,31). The Morgan fingerprint density at radius 2 is 1.91 bits per heavy atom. The summed E-state index contributed by atoms with van der Waals surface area (Å²) in [5, 5.41) is 7.03. The van der Waals surface area contributed by atoms with Gasteiger partial charge in [0, 0.05) is 29.9 Å². The number of aryl methyl sites for hydroxylation is 3. The van der Waals surface area contributed by atoms with Crippen molar-refractivity contribution in [3.05, 3.63) is 62.7 Å². The molecule has 1 saturated carbocycles. The Hall–Kier alpha value is -3.29. The fourth-order valence-electron chi connectivity index (χ4n) is 4.36. The van der Waals surface area contributed by atoms with E-state index in [4.69, 9.17) is 9.51 Å². The second-order valence-electron chi connectivity index (χ2n) is 8.75. The highest BCUT2D eigenvalue weighted by atomic mass is 16.5. The summed E-state index contributed by atoms with van der Waals surface area (Å²) < 4.78 is 5.59. The van der Waals surface area contributed by atoms with Crippen molar-refractivity contribution in [2.75, 3.05) is 6.54 Å². The molecular weight excluding hydrogens is 406 g/mol. The van der Waals surface area contributed by atoms with Crippen LogP contribution in [0.1, 0.15) is 70.4 Å². The first-order valence-corrected chi connectivity index (χ1v) is 11.1. The Balaban J connectivity index is 1.41. The van der Waals surface area contributed by atoms with Gasteiger partial charge in [0.05, 0.1) is 17.0 Å². The predicted molar refractivity (Wildman–Crippen MR) is 121 cm³/mol. The van der Waals surface area contributed by atoms with Crippen LogP contribution in [0.4, 0.5) is 0 Å². The Kier molecular flexibility index (Phi) is 6.21. The number of amides is 1. The lowest BCUT2D eigenvalue weighted by Crippen LogP contribution is -2.34. The lowest BCUT2D eigenvalue weighted by atomic mass is 9.79. The van der Waals surface area contributed by atoms with Gasteiger partial charge in [-0.15, -0.1) is 0 Å². The van der Waals surface area contributed by atoms with E-state index in [1.54, 1.807) is 19.1 Å². The number of pyridine rings is 1. The molecule has 168 valence electrons. The molecule has 3 aromatic rings. The number of nitrogens with zero attached hydrogens (tertiary/aromatic N) is 3. The molecule has 4 rings (SSSR count). The summed E-state index contributed by atoms with van der Waals surface area (Å²) in [6, 6.07) is 3.31. The highest BCUT2D eigenvalue weighted by Gasteiger charge is 2.28. The Morgan fingerprint density at radius 3 is 2.56 bits per heavy atom. The van der Waals surface area contributed by atoms with Crippen LogP contribution in [0, 0.1) is 33.6 Å². The molecule has 0 atom stereocenters. The van der Waals surface area contributed by atoms with Crippen LogP contribution in [0.5, 0.6) is 0 Å². The van der Waals surface area contributed by atoms with Gasteiger partial charge in [0.25, 0.3) is 11.5 Å². The normalized spacial score (nSPS) is 18.5. The number of carbonyl (C=O) groups excluding carboxylic acids is 1. The fourth-order valence-corrected chi connectivity index (χ4v) is 4.36. The minimum absolute atomic E-state index is 0.156. The first-order valence-electron chi connectivity index (χ1n) is 11.1. The summed E-state index contributed by atoms with van der Waals surface area (Å²) >= 11 is 0. The Morgan fingerprint density at radius 1 is 1.16 bits per heavy atom. The number of hydrogen-bond donors (Lipinski definition) is 2. The number of aromatic amines is 1. The van der Waals surface area contributed by atoms with E-state index in [0.29, 0.717) is 18.4 Å². The highest BCUT2D eigenvalue weighted by Crippen LogP contribution is 2.39. The van der Waals surface area contributed by atoms with Gasteiger partial charge in [-0.2, -0.15) is 0 Å². The van der Waals surface area contributed by atoms with Crippen molar-refractivity contribution in [1.82, 2.24) is 25.4 Å². The highest BCUT2D eigenvalue weighted by molar-refractivity contribution is 5.93. The van der Waals surface area contributed by atoms with Crippen molar-refractivity contribution < 1.29 is 9.32 Å². The zero-order valence-electron chi connectivity index (χ0n) is 19.0. The lowest BCUT2D eigenvalue weighted by molar-refractivity contribution is 0.0941. The van der Waals surface area contributed by atoms with Crippen LogP contribution in [0.15, 0.2) is 27.6 Å². The van der Waals surface area contributed by atoms with Crippen molar-refractivity contribution in [3.8, 4) is 11.3 Å². The average Bonchev–Trinajstić information content (AvgIpc) is 3.10. The molecule has 1 aliphatic rings. The first-order chi connectivity index (χ1) is 15.3. The fraction of sp³-hybridized carbons (Fsp3) is 0.458. The van der Waals surface area contributed by atoms with Gasteiger partial charge >= 0.3 is 0 Å². The van der Waals surface area contributed by atoms with Crippen LogP contribution >= 0.6 is 0 Å². The molecule has 0 aromatic carbocycles. The van der Waals surface area contributed by atoms with Gasteiger partial charge in [-0.1, -0.05) is 5.16 Å². The third kappa shape index (κ3) is 4.49. The molecule has 8 heteroatoms. The molecule has 2 N–H and O–H groups in total. The molecule has 0 radical (unpaired) electrons. The molecule has 0 bridgehead atoms. The number of hydrogen-bond acceptors (Lipinski definition) is 6. The van der Waals surface area contributed by atoms with Crippen molar-refractivity contribution in [3.63, 3.8) is 0 Å². The van der Waals surface area contributed by atoms with Crippen molar-refractivity contribution >= 4 is 5.91 Å². The zero-order valence-corrected chi connectivity index (χ0v) is 19.0. The first kappa shape index (κ1) is 21.9. The van der Waals surface area contributed by atoms with E-state index in [1.807, 2.05) is 27.0 Å². The molecule has 1 fully saturated rings. The molecule has 0 aliphatic heterocycles. The minimum Gasteiger partial charge on any atom is -0.356 e. The van der Waals surface area contributed by atoms with E-state index in [-0.39, 0.29) is 17.0 Å². The van der Waals surface area contributed by atoms with E-state index >= 15 is 0 Å². The van der Waals surface area contributed by atoms with Crippen molar-refractivity contribution in [2.45, 2.75) is 59.3 Å². The summed E-state index contributed by atoms with van der Waals surface area (Å²) in [7, 11) is 0. The van der Waals surface area contributed by atoms with Crippen LogP contribution in [0.25, 0.3) is 11.3 Å². The molecule has 0 unspecified atom stereocenters. The lowest BCUT2D eigenvalue weighted by Gasteiger charge is -2.29. The molecule has 8 nitrogen and oxygen atoms in total. The van der Waals surface area contributed by atoms with Gasteiger partial charge in [-0.25, -0.2) is 9.97 Å². The van der Waals surface area contributed by atoms with E-state index in [2.05, 4.69) is 20.4 Å². The molecule has 3 heterocycles. The Bertz CT molecular complexity index is 1190. The maximum atomic E-state index is 12.4. The molecule has 0 spiro atoms. The summed E-state index contributed by atoms with van der Waals surface area (Å²) in [6.45, 7) is 8.19. The second-order valence-corrected chi connectivity index (χ2v) is 8.75. The number of rotatable bonds is 5. The van der Waals surface area contributed by atoms with E-state index in [0.717, 1.165) is 65.5 Å². The molecule has 1 amide bonds. The quantitative estimate of drug-likeness (QED) is 0.631. The predicted octanol–water partition coefficient (Wildman–Crippen LogP) is 3.76. The van der Waals surface area contributed by atoms with Crippen LogP contribution in [0.3, 0.4) is 0 Å². The molecular formula is C24H29N5O3. The van der Waals surface area contributed by atoms with E-state index < -0.39 is 0 Å². The van der Waals surface area contributed by atoms with Gasteiger partial charge in [-0.3, -0.25) is 9.59 Å². The molecule has 0 saturated heterocycles. The summed E-state index contributed by atoms with van der Waals surface area (Å²) in [4.78, 5) is 36.2. The van der Waals surface area contributed by atoms with Gasteiger partial charge < -0.3 is 14.8 Å². The smallest absolute Gasteiger partial charge is 0.260 e. The number of aromatic nitrogens is 4. The van der Waals surface area contributed by atoms with Gasteiger partial charge in [0.15, 0.2) is 5.76 Å². The van der Waals surface area contributed by atoms with E-state index in [9.17, 15) is 9.59 Å². The molecule has 32 heavy (non-hydrogen) atoms. The maximum absolute atomic E-state index is 12.4. The van der Waals surface area contributed by atoms with Gasteiger partial charge in [0.1, 0.15) is 11.4 Å². The van der Waals surface area contributed by atoms with Gasteiger partial charge in [0.2, 0.25) is 0 Å².